The van der Waals surface area contributed by atoms with E-state index in [-0.39, 0.29) is 12.0 Å². The van der Waals surface area contributed by atoms with Gasteiger partial charge in [-0.05, 0) is 43.5 Å². The molecular formula is C14H22BrNO. The van der Waals surface area contributed by atoms with Crippen LogP contribution in [-0.2, 0) is 0 Å². The summed E-state index contributed by atoms with van der Waals surface area (Å²) < 4.78 is 1.17. The third kappa shape index (κ3) is 3.71. The lowest BCUT2D eigenvalue weighted by molar-refractivity contribution is 0.149. The van der Waals surface area contributed by atoms with Crippen molar-refractivity contribution in [1.29, 1.82) is 0 Å². The second kappa shape index (κ2) is 5.87. The van der Waals surface area contributed by atoms with E-state index in [0.717, 1.165) is 18.7 Å². The van der Waals surface area contributed by atoms with Gasteiger partial charge in [-0.1, -0.05) is 29.8 Å². The largest absolute Gasteiger partial charge is 0.396 e. The number of rotatable bonds is 5. The molecule has 2 nitrogen and oxygen atoms in total. The van der Waals surface area contributed by atoms with Gasteiger partial charge in [-0.25, -0.2) is 0 Å². The van der Waals surface area contributed by atoms with Crippen molar-refractivity contribution in [3.05, 3.63) is 27.7 Å². The molecule has 0 aliphatic rings. The Labute approximate surface area is 113 Å². The lowest BCUT2D eigenvalue weighted by Crippen LogP contribution is -2.29. The lowest BCUT2D eigenvalue weighted by atomic mass is 9.88. The summed E-state index contributed by atoms with van der Waals surface area (Å²) in [5, 5.41) is 12.8. The van der Waals surface area contributed by atoms with Crippen LogP contribution in [0.5, 0.6) is 0 Å². The third-order valence-corrected chi connectivity index (χ3v) is 4.64. The van der Waals surface area contributed by atoms with Gasteiger partial charge in [0.2, 0.25) is 0 Å². The molecule has 0 aliphatic heterocycles. The van der Waals surface area contributed by atoms with Crippen LogP contribution in [0.3, 0.4) is 0 Å². The Morgan fingerprint density at radius 3 is 2.24 bits per heavy atom. The number of hydrogen-bond donors (Lipinski definition) is 2. The fraction of sp³-hybridized carbons (Fsp3) is 0.571. The van der Waals surface area contributed by atoms with E-state index >= 15 is 0 Å². The van der Waals surface area contributed by atoms with E-state index in [1.54, 1.807) is 0 Å². The van der Waals surface area contributed by atoms with Crippen LogP contribution >= 0.6 is 15.9 Å². The average molecular weight is 300 g/mol. The molecule has 0 heterocycles. The van der Waals surface area contributed by atoms with E-state index in [1.165, 1.54) is 15.6 Å². The molecule has 1 aromatic carbocycles. The monoisotopic (exact) mass is 299 g/mol. The molecule has 0 fully saturated rings. The molecule has 2 N–H and O–H groups in total. The first-order chi connectivity index (χ1) is 7.91. The molecule has 17 heavy (non-hydrogen) atoms. The normalized spacial score (nSPS) is 14.5. The highest BCUT2D eigenvalue weighted by molar-refractivity contribution is 9.10. The fourth-order valence-corrected chi connectivity index (χ4v) is 1.89. The molecule has 1 aromatic rings. The van der Waals surface area contributed by atoms with Crippen LogP contribution in [-0.4, -0.2) is 18.3 Å². The van der Waals surface area contributed by atoms with Crippen molar-refractivity contribution in [2.75, 3.05) is 18.5 Å². The summed E-state index contributed by atoms with van der Waals surface area (Å²) in [7, 11) is 0. The molecule has 0 aliphatic carbocycles. The molecule has 0 bridgehead atoms. The van der Waals surface area contributed by atoms with Crippen LogP contribution < -0.4 is 5.32 Å². The molecule has 0 spiro atoms. The highest BCUT2D eigenvalue weighted by atomic mass is 79.9. The Hall–Kier alpha value is -0.540. The number of nitrogens with one attached hydrogen (secondary N) is 1. The van der Waals surface area contributed by atoms with Crippen LogP contribution in [0, 0.1) is 19.3 Å². The van der Waals surface area contributed by atoms with Gasteiger partial charge in [-0.2, -0.15) is 0 Å². The van der Waals surface area contributed by atoms with E-state index in [1.807, 2.05) is 0 Å². The van der Waals surface area contributed by atoms with Crippen LogP contribution in [0.25, 0.3) is 0 Å². The molecule has 96 valence electrons. The summed E-state index contributed by atoms with van der Waals surface area (Å²) in [5.41, 5.74) is 3.54. The van der Waals surface area contributed by atoms with Crippen LogP contribution in [0.1, 0.15) is 31.4 Å². The summed E-state index contributed by atoms with van der Waals surface area (Å²) in [6, 6.07) is 4.26. The topological polar surface area (TPSA) is 32.3 Å². The van der Waals surface area contributed by atoms with Crippen molar-refractivity contribution in [2.45, 2.75) is 34.1 Å². The summed E-state index contributed by atoms with van der Waals surface area (Å²) in [6.45, 7) is 9.39. The van der Waals surface area contributed by atoms with E-state index in [4.69, 9.17) is 0 Å². The predicted octanol–water partition coefficient (Wildman–Crippen LogP) is 3.89. The van der Waals surface area contributed by atoms with E-state index < -0.39 is 0 Å². The number of benzene rings is 1. The van der Waals surface area contributed by atoms with Crippen LogP contribution in [0.4, 0.5) is 5.69 Å². The minimum Gasteiger partial charge on any atom is -0.396 e. The molecule has 3 heteroatoms. The molecule has 0 saturated carbocycles. The standard InChI is InChI=1S/C14H22BrNO/c1-5-14(4,9-17)8-16-12-6-10(2)13(15)11(3)7-12/h6-7,16-17H,5,8-9H2,1-4H3. The van der Waals surface area contributed by atoms with Crippen molar-refractivity contribution in [2.24, 2.45) is 5.41 Å². The Bertz CT molecular complexity index is 363. The van der Waals surface area contributed by atoms with Gasteiger partial charge in [-0.3, -0.25) is 0 Å². The Balaban J connectivity index is 2.76. The first-order valence-electron chi connectivity index (χ1n) is 6.03. The van der Waals surface area contributed by atoms with Gasteiger partial charge in [-0.15, -0.1) is 0 Å². The van der Waals surface area contributed by atoms with E-state index in [2.05, 4.69) is 61.1 Å². The number of anilines is 1. The van der Waals surface area contributed by atoms with Gasteiger partial charge in [0.1, 0.15) is 0 Å². The van der Waals surface area contributed by atoms with Crippen molar-refractivity contribution < 1.29 is 5.11 Å². The maximum atomic E-state index is 9.37. The zero-order valence-corrected chi connectivity index (χ0v) is 12.7. The molecule has 0 aromatic heterocycles. The van der Waals surface area contributed by atoms with Crippen molar-refractivity contribution in [3.63, 3.8) is 0 Å². The number of aliphatic hydroxyl groups is 1. The van der Waals surface area contributed by atoms with E-state index in [9.17, 15) is 5.11 Å². The van der Waals surface area contributed by atoms with Crippen LogP contribution in [0.15, 0.2) is 16.6 Å². The molecule has 1 unspecified atom stereocenters. The molecule has 1 rings (SSSR count). The van der Waals surface area contributed by atoms with Crippen molar-refractivity contribution in [1.82, 2.24) is 0 Å². The molecule has 0 radical (unpaired) electrons. The maximum Gasteiger partial charge on any atom is 0.0501 e. The number of halogens is 1. The summed E-state index contributed by atoms with van der Waals surface area (Å²) in [6.07, 6.45) is 0.963. The number of aryl methyl sites for hydroxylation is 2. The highest BCUT2D eigenvalue weighted by Gasteiger charge is 2.20. The molecule has 1 atom stereocenters. The van der Waals surface area contributed by atoms with Gasteiger partial charge < -0.3 is 10.4 Å². The number of hydrogen-bond acceptors (Lipinski definition) is 2. The third-order valence-electron chi connectivity index (χ3n) is 3.39. The molecule has 0 saturated heterocycles. The van der Waals surface area contributed by atoms with Crippen LogP contribution in [0.2, 0.25) is 0 Å². The van der Waals surface area contributed by atoms with Crippen molar-refractivity contribution in [3.8, 4) is 0 Å². The Morgan fingerprint density at radius 2 is 1.82 bits per heavy atom. The minimum atomic E-state index is -0.0467. The molecule has 0 amide bonds. The summed E-state index contributed by atoms with van der Waals surface area (Å²) in [5.74, 6) is 0. The molecular weight excluding hydrogens is 278 g/mol. The summed E-state index contributed by atoms with van der Waals surface area (Å²) in [4.78, 5) is 0. The Morgan fingerprint density at radius 1 is 1.29 bits per heavy atom. The van der Waals surface area contributed by atoms with Crippen molar-refractivity contribution >= 4 is 21.6 Å². The zero-order valence-electron chi connectivity index (χ0n) is 11.1. The van der Waals surface area contributed by atoms with Gasteiger partial charge >= 0.3 is 0 Å². The predicted molar refractivity (Wildman–Crippen MR) is 77.6 cm³/mol. The summed E-state index contributed by atoms with van der Waals surface area (Å²) >= 11 is 3.56. The first-order valence-corrected chi connectivity index (χ1v) is 6.82. The fourth-order valence-electron chi connectivity index (χ4n) is 1.66. The van der Waals surface area contributed by atoms with Gasteiger partial charge in [0, 0.05) is 22.1 Å². The quantitative estimate of drug-likeness (QED) is 0.864. The number of aliphatic hydroxyl groups excluding tert-OH is 1. The van der Waals surface area contributed by atoms with E-state index in [0.29, 0.717) is 0 Å². The Kier molecular flexibility index (Phi) is 5.02. The lowest BCUT2D eigenvalue weighted by Gasteiger charge is -2.26. The highest BCUT2D eigenvalue weighted by Crippen LogP contribution is 2.26. The first kappa shape index (κ1) is 14.5. The van der Waals surface area contributed by atoms with Gasteiger partial charge in [0.25, 0.3) is 0 Å². The van der Waals surface area contributed by atoms with Gasteiger partial charge in [0.15, 0.2) is 0 Å². The maximum absolute atomic E-state index is 9.37. The second-order valence-electron chi connectivity index (χ2n) is 5.10. The smallest absolute Gasteiger partial charge is 0.0501 e. The SMILES string of the molecule is CCC(C)(CO)CNc1cc(C)c(Br)c(C)c1. The minimum absolute atomic E-state index is 0.0467. The second-order valence-corrected chi connectivity index (χ2v) is 5.89. The zero-order chi connectivity index (χ0) is 13.1. The average Bonchev–Trinajstić information content (AvgIpc) is 2.32. The van der Waals surface area contributed by atoms with Gasteiger partial charge in [0.05, 0.1) is 6.61 Å².